The van der Waals surface area contributed by atoms with E-state index in [2.05, 4.69) is 26.2 Å². The first-order valence-electron chi connectivity index (χ1n) is 7.19. The van der Waals surface area contributed by atoms with Gasteiger partial charge in [-0.25, -0.2) is 0 Å². The summed E-state index contributed by atoms with van der Waals surface area (Å²) in [6, 6.07) is 11.5. The Labute approximate surface area is 157 Å². The standard InChI is InChI=1S/C17H13BrN2O2S2/c18-12-4-5-14(22-8-6-13-3-1-2-7-19-13)11(9-12)10-15-16(21)20-17(23)24-15/h1-5,7,9-10H,6,8H2,(H,20,21,23). The lowest BCUT2D eigenvalue weighted by molar-refractivity contribution is -0.115. The Morgan fingerprint density at radius 1 is 1.33 bits per heavy atom. The van der Waals surface area contributed by atoms with Gasteiger partial charge >= 0.3 is 0 Å². The third-order valence-electron chi connectivity index (χ3n) is 3.24. The summed E-state index contributed by atoms with van der Waals surface area (Å²) < 4.78 is 7.27. The van der Waals surface area contributed by atoms with Crippen LogP contribution < -0.4 is 10.1 Å². The van der Waals surface area contributed by atoms with Crippen LogP contribution in [0.25, 0.3) is 6.08 Å². The molecule has 7 heteroatoms. The number of pyridine rings is 1. The molecule has 1 amide bonds. The highest BCUT2D eigenvalue weighted by Gasteiger charge is 2.22. The van der Waals surface area contributed by atoms with E-state index in [0.717, 1.165) is 15.7 Å². The molecular formula is C17H13BrN2O2S2. The number of aromatic nitrogens is 1. The predicted octanol–water partition coefficient (Wildman–Crippen LogP) is 3.95. The fourth-order valence-corrected chi connectivity index (χ4v) is 3.55. The number of thioether (sulfide) groups is 1. The van der Waals surface area contributed by atoms with Crippen LogP contribution in [0.4, 0.5) is 0 Å². The minimum Gasteiger partial charge on any atom is -0.493 e. The summed E-state index contributed by atoms with van der Waals surface area (Å²) in [6.07, 6.45) is 4.27. The van der Waals surface area contributed by atoms with Crippen LogP contribution in [0.15, 0.2) is 52.0 Å². The molecule has 0 radical (unpaired) electrons. The Hall–Kier alpha value is -1.70. The van der Waals surface area contributed by atoms with Crippen molar-refractivity contribution in [2.24, 2.45) is 0 Å². The Balaban J connectivity index is 1.75. The van der Waals surface area contributed by atoms with Crippen molar-refractivity contribution in [1.29, 1.82) is 0 Å². The first kappa shape index (κ1) is 17.1. The van der Waals surface area contributed by atoms with Gasteiger partial charge in [0.2, 0.25) is 0 Å². The number of hydrogen-bond donors (Lipinski definition) is 1. The van der Waals surface area contributed by atoms with Gasteiger partial charge in [0, 0.05) is 28.3 Å². The Bertz CT molecular complexity index is 809. The number of halogens is 1. The zero-order valence-corrected chi connectivity index (χ0v) is 15.7. The third-order valence-corrected chi connectivity index (χ3v) is 4.90. The first-order chi connectivity index (χ1) is 11.6. The van der Waals surface area contributed by atoms with Crippen LogP contribution in [0, 0.1) is 0 Å². The molecule has 0 atom stereocenters. The van der Waals surface area contributed by atoms with Crippen molar-refractivity contribution in [3.8, 4) is 5.75 Å². The van der Waals surface area contributed by atoms with Crippen molar-refractivity contribution in [2.45, 2.75) is 6.42 Å². The molecule has 1 saturated heterocycles. The summed E-state index contributed by atoms with van der Waals surface area (Å²) in [4.78, 5) is 16.7. The predicted molar refractivity (Wildman–Crippen MR) is 104 cm³/mol. The molecule has 0 saturated carbocycles. The number of nitrogens with one attached hydrogen (secondary N) is 1. The highest BCUT2D eigenvalue weighted by atomic mass is 79.9. The normalized spacial score (nSPS) is 15.6. The summed E-state index contributed by atoms with van der Waals surface area (Å²) in [5.41, 5.74) is 1.80. The minimum atomic E-state index is -0.176. The number of ether oxygens (including phenoxy) is 1. The van der Waals surface area contributed by atoms with Gasteiger partial charge in [-0.05, 0) is 36.4 Å². The zero-order chi connectivity index (χ0) is 16.9. The lowest BCUT2D eigenvalue weighted by atomic mass is 10.2. The molecule has 0 unspecified atom stereocenters. The molecule has 1 fully saturated rings. The number of rotatable bonds is 5. The van der Waals surface area contributed by atoms with Gasteiger partial charge in [0.1, 0.15) is 10.1 Å². The fourth-order valence-electron chi connectivity index (χ4n) is 2.14. The maximum atomic E-state index is 11.8. The van der Waals surface area contributed by atoms with Crippen molar-refractivity contribution in [2.75, 3.05) is 6.61 Å². The van der Waals surface area contributed by atoms with E-state index >= 15 is 0 Å². The van der Waals surface area contributed by atoms with E-state index in [1.807, 2.05) is 36.4 Å². The number of nitrogens with zero attached hydrogens (tertiary/aromatic N) is 1. The van der Waals surface area contributed by atoms with Crippen LogP contribution in [0.3, 0.4) is 0 Å². The number of amides is 1. The number of carbonyl (C=O) groups is 1. The molecule has 0 aliphatic carbocycles. The van der Waals surface area contributed by atoms with E-state index in [1.165, 1.54) is 11.8 Å². The van der Waals surface area contributed by atoms with E-state index in [-0.39, 0.29) is 5.91 Å². The van der Waals surface area contributed by atoms with E-state index in [0.29, 0.717) is 28.0 Å². The van der Waals surface area contributed by atoms with Crippen LogP contribution in [-0.4, -0.2) is 21.8 Å². The zero-order valence-electron chi connectivity index (χ0n) is 12.5. The number of hydrogen-bond acceptors (Lipinski definition) is 5. The van der Waals surface area contributed by atoms with Crippen LogP contribution in [-0.2, 0) is 11.2 Å². The molecule has 1 aromatic heterocycles. The molecule has 2 aromatic rings. The summed E-state index contributed by atoms with van der Waals surface area (Å²) >= 11 is 9.72. The monoisotopic (exact) mass is 420 g/mol. The van der Waals surface area contributed by atoms with Crippen LogP contribution >= 0.6 is 39.9 Å². The Morgan fingerprint density at radius 2 is 2.21 bits per heavy atom. The summed E-state index contributed by atoms with van der Waals surface area (Å²) in [6.45, 7) is 0.507. The summed E-state index contributed by atoms with van der Waals surface area (Å²) in [5, 5.41) is 2.61. The second-order valence-electron chi connectivity index (χ2n) is 4.95. The topological polar surface area (TPSA) is 51.2 Å². The highest BCUT2D eigenvalue weighted by molar-refractivity contribution is 9.10. The molecule has 0 spiro atoms. The maximum Gasteiger partial charge on any atom is 0.263 e. The van der Waals surface area contributed by atoms with Crippen molar-refractivity contribution in [3.63, 3.8) is 0 Å². The van der Waals surface area contributed by atoms with E-state index in [4.69, 9.17) is 17.0 Å². The van der Waals surface area contributed by atoms with Gasteiger partial charge in [0.25, 0.3) is 5.91 Å². The number of carbonyl (C=O) groups excluding carboxylic acids is 1. The van der Waals surface area contributed by atoms with Crippen molar-refractivity contribution in [1.82, 2.24) is 10.3 Å². The molecule has 2 heterocycles. The van der Waals surface area contributed by atoms with Crippen LogP contribution in [0.2, 0.25) is 0 Å². The van der Waals surface area contributed by atoms with Gasteiger partial charge in [0.05, 0.1) is 11.5 Å². The Kier molecular flexibility index (Phi) is 5.65. The van der Waals surface area contributed by atoms with Gasteiger partial charge in [-0.2, -0.15) is 0 Å². The lowest BCUT2D eigenvalue weighted by Gasteiger charge is -2.10. The molecule has 0 bridgehead atoms. The average Bonchev–Trinajstić information content (AvgIpc) is 2.88. The number of thiocarbonyl (C=S) groups is 1. The van der Waals surface area contributed by atoms with E-state index < -0.39 is 0 Å². The van der Waals surface area contributed by atoms with Crippen molar-refractivity contribution in [3.05, 3.63) is 63.2 Å². The van der Waals surface area contributed by atoms with Crippen LogP contribution in [0.1, 0.15) is 11.3 Å². The quantitative estimate of drug-likeness (QED) is 0.585. The second-order valence-corrected chi connectivity index (χ2v) is 7.59. The van der Waals surface area contributed by atoms with Gasteiger partial charge in [0.15, 0.2) is 0 Å². The SMILES string of the molecule is O=C1NC(=S)SC1=Cc1cc(Br)ccc1OCCc1ccccn1. The fraction of sp³-hybridized carbons (Fsp3) is 0.118. The molecule has 1 aromatic carbocycles. The minimum absolute atomic E-state index is 0.176. The average molecular weight is 421 g/mol. The Morgan fingerprint density at radius 3 is 2.92 bits per heavy atom. The van der Waals surface area contributed by atoms with E-state index in [1.54, 1.807) is 12.3 Å². The highest BCUT2D eigenvalue weighted by Crippen LogP contribution is 2.31. The molecule has 1 aliphatic heterocycles. The molecule has 3 rings (SSSR count). The largest absolute Gasteiger partial charge is 0.493 e. The summed E-state index contributed by atoms with van der Waals surface area (Å²) in [5.74, 6) is 0.539. The van der Waals surface area contributed by atoms with Gasteiger partial charge in [-0.15, -0.1) is 0 Å². The van der Waals surface area contributed by atoms with Crippen molar-refractivity contribution < 1.29 is 9.53 Å². The lowest BCUT2D eigenvalue weighted by Crippen LogP contribution is -2.17. The number of benzene rings is 1. The third kappa shape index (κ3) is 4.43. The smallest absolute Gasteiger partial charge is 0.263 e. The maximum absolute atomic E-state index is 11.8. The molecule has 1 N–H and O–H groups in total. The van der Waals surface area contributed by atoms with Crippen molar-refractivity contribution >= 4 is 56.2 Å². The van der Waals surface area contributed by atoms with Gasteiger partial charge < -0.3 is 10.1 Å². The molecule has 4 nitrogen and oxygen atoms in total. The van der Waals surface area contributed by atoms with Gasteiger partial charge in [-0.3, -0.25) is 9.78 Å². The molecule has 122 valence electrons. The second kappa shape index (κ2) is 7.92. The summed E-state index contributed by atoms with van der Waals surface area (Å²) in [7, 11) is 0. The molecule has 1 aliphatic rings. The first-order valence-corrected chi connectivity index (χ1v) is 9.21. The molecule has 24 heavy (non-hydrogen) atoms. The van der Waals surface area contributed by atoms with Crippen LogP contribution in [0.5, 0.6) is 5.75 Å². The van der Waals surface area contributed by atoms with Gasteiger partial charge in [-0.1, -0.05) is 46.0 Å². The van der Waals surface area contributed by atoms with E-state index in [9.17, 15) is 4.79 Å². The molecular weight excluding hydrogens is 408 g/mol.